The third kappa shape index (κ3) is 2.06. The van der Waals surface area contributed by atoms with Crippen LogP contribution in [0.1, 0.15) is 34.1 Å². The summed E-state index contributed by atoms with van der Waals surface area (Å²) in [5.74, 6) is 0.927. The fourth-order valence-electron chi connectivity index (χ4n) is 1.46. The molecule has 0 radical (unpaired) electrons. The lowest BCUT2D eigenvalue weighted by Crippen LogP contribution is -2.31. The molecule has 0 fully saturated rings. The minimum atomic E-state index is -0.0197. The number of carbonyl (C=O) groups excluding carboxylic acids is 1. The van der Waals surface area contributed by atoms with Gasteiger partial charge in [-0.15, -0.1) is 0 Å². The highest BCUT2D eigenvalue weighted by atomic mass is 16.5. The Morgan fingerprint density at radius 2 is 2.07 bits per heavy atom. The molecule has 0 saturated heterocycles. The van der Waals surface area contributed by atoms with E-state index in [1.54, 1.807) is 0 Å². The van der Waals surface area contributed by atoms with Gasteiger partial charge in [0.1, 0.15) is 11.9 Å². The second-order valence-corrected chi connectivity index (χ2v) is 3.78. The van der Waals surface area contributed by atoms with Crippen molar-refractivity contribution < 1.29 is 9.53 Å². The van der Waals surface area contributed by atoms with Gasteiger partial charge < -0.3 is 4.74 Å². The number of Topliss-reactive ketones (excluding diaryl/α,β-unsaturated/α-hetero) is 1. The van der Waals surface area contributed by atoms with Crippen LogP contribution in [0.5, 0.6) is 0 Å². The first-order valence-corrected chi connectivity index (χ1v) is 5.16. The Balaban J connectivity index is 2.93. The van der Waals surface area contributed by atoms with Crippen LogP contribution in [0.2, 0.25) is 0 Å². The highest BCUT2D eigenvalue weighted by molar-refractivity contribution is 5.98. The average molecular weight is 194 g/mol. The Bertz CT molecular complexity index is 287. The lowest BCUT2D eigenvalue weighted by molar-refractivity contribution is -0.124. The molecule has 1 aliphatic heterocycles. The van der Waals surface area contributed by atoms with Crippen LogP contribution in [0.15, 0.2) is 23.5 Å². The highest BCUT2D eigenvalue weighted by Gasteiger charge is 2.29. The van der Waals surface area contributed by atoms with Gasteiger partial charge in [0.2, 0.25) is 0 Å². The number of carbonyl (C=O) groups is 1. The van der Waals surface area contributed by atoms with E-state index in [9.17, 15) is 4.79 Å². The summed E-state index contributed by atoms with van der Waals surface area (Å²) in [5.41, 5.74) is 0.750. The van der Waals surface area contributed by atoms with Crippen LogP contribution >= 0.6 is 0 Å². The molecule has 1 heterocycles. The van der Waals surface area contributed by atoms with E-state index in [0.29, 0.717) is 0 Å². The van der Waals surface area contributed by atoms with Crippen LogP contribution in [0.3, 0.4) is 0 Å². The van der Waals surface area contributed by atoms with Gasteiger partial charge >= 0.3 is 0 Å². The minimum Gasteiger partial charge on any atom is -0.490 e. The molecule has 0 bridgehead atoms. The predicted octanol–water partition coefficient (Wildman–Crippen LogP) is 2.85. The van der Waals surface area contributed by atoms with E-state index in [1.165, 1.54) is 0 Å². The normalized spacial score (nSPS) is 28.4. The van der Waals surface area contributed by atoms with Gasteiger partial charge in [0.25, 0.3) is 0 Å². The van der Waals surface area contributed by atoms with Crippen molar-refractivity contribution in [2.24, 2.45) is 5.92 Å². The molecule has 0 aromatic heterocycles. The molecule has 1 rings (SSSR count). The molecule has 2 unspecified atom stereocenters. The van der Waals surface area contributed by atoms with Gasteiger partial charge in [-0.3, -0.25) is 4.79 Å². The van der Waals surface area contributed by atoms with Crippen LogP contribution in [-0.2, 0) is 9.53 Å². The summed E-state index contributed by atoms with van der Waals surface area (Å²) < 4.78 is 5.66. The number of hydrogen-bond donors (Lipinski definition) is 0. The maximum atomic E-state index is 11.7. The Morgan fingerprint density at radius 1 is 1.43 bits per heavy atom. The quantitative estimate of drug-likeness (QED) is 0.675. The van der Waals surface area contributed by atoms with Gasteiger partial charge in [-0.2, -0.15) is 0 Å². The first-order valence-electron chi connectivity index (χ1n) is 5.16. The number of rotatable bonds is 2. The molecule has 0 spiro atoms. The van der Waals surface area contributed by atoms with E-state index in [2.05, 4.69) is 6.92 Å². The van der Waals surface area contributed by atoms with E-state index < -0.39 is 0 Å². The smallest absolute Gasteiger partial charge is 0.168 e. The molecule has 2 nitrogen and oxygen atoms in total. The van der Waals surface area contributed by atoms with Crippen molar-refractivity contribution in [3.63, 3.8) is 0 Å². The van der Waals surface area contributed by atoms with E-state index in [1.807, 2.05) is 32.9 Å². The topological polar surface area (TPSA) is 26.3 Å². The zero-order valence-corrected chi connectivity index (χ0v) is 9.33. The summed E-state index contributed by atoms with van der Waals surface area (Å²) in [6.07, 6.45) is 4.85. The number of ether oxygens (including phenoxy) is 1. The van der Waals surface area contributed by atoms with Crippen molar-refractivity contribution in [2.45, 2.75) is 40.2 Å². The lowest BCUT2D eigenvalue weighted by atomic mass is 9.92. The van der Waals surface area contributed by atoms with E-state index in [0.717, 1.165) is 17.8 Å². The van der Waals surface area contributed by atoms with Gasteiger partial charge in [-0.1, -0.05) is 19.9 Å². The van der Waals surface area contributed by atoms with Gasteiger partial charge in [0.15, 0.2) is 5.78 Å². The summed E-state index contributed by atoms with van der Waals surface area (Å²) in [6.45, 7) is 7.74. The molecule has 0 saturated carbocycles. The van der Waals surface area contributed by atoms with Gasteiger partial charge in [0.05, 0.1) is 5.92 Å². The average Bonchev–Trinajstić information content (AvgIpc) is 2.18. The van der Waals surface area contributed by atoms with Gasteiger partial charge in [-0.25, -0.2) is 0 Å². The zero-order chi connectivity index (χ0) is 10.7. The van der Waals surface area contributed by atoms with Crippen molar-refractivity contribution in [1.82, 2.24) is 0 Å². The molecule has 0 amide bonds. The fraction of sp³-hybridized carbons (Fsp3) is 0.583. The molecule has 0 aromatic carbocycles. The third-order valence-electron chi connectivity index (χ3n) is 2.67. The molecule has 2 heteroatoms. The molecule has 14 heavy (non-hydrogen) atoms. The summed E-state index contributed by atoms with van der Waals surface area (Å²) >= 11 is 0. The monoisotopic (exact) mass is 194 g/mol. The van der Waals surface area contributed by atoms with E-state index >= 15 is 0 Å². The molecule has 0 aromatic rings. The van der Waals surface area contributed by atoms with Gasteiger partial charge in [-0.05, 0) is 26.3 Å². The summed E-state index contributed by atoms with van der Waals surface area (Å²) in [6, 6.07) is 0. The van der Waals surface area contributed by atoms with Crippen LogP contribution in [-0.4, -0.2) is 11.9 Å². The molecule has 0 aliphatic carbocycles. The van der Waals surface area contributed by atoms with Crippen LogP contribution in [0, 0.1) is 5.92 Å². The second-order valence-electron chi connectivity index (χ2n) is 3.78. The second kappa shape index (κ2) is 4.45. The number of ketones is 1. The van der Waals surface area contributed by atoms with Crippen LogP contribution < -0.4 is 0 Å². The predicted molar refractivity (Wildman–Crippen MR) is 56.8 cm³/mol. The lowest BCUT2D eigenvalue weighted by Gasteiger charge is -2.27. The maximum absolute atomic E-state index is 11.7. The molecule has 0 N–H and O–H groups in total. The standard InChI is InChI=1S/C12H18O2/c1-5-6-7-11-9(3)12(13)8(2)10(4)14-11/h6-8,10H,5H2,1-4H3/b7-6+. The van der Waals surface area contributed by atoms with E-state index in [4.69, 9.17) is 4.74 Å². The highest BCUT2D eigenvalue weighted by Crippen LogP contribution is 2.25. The fourth-order valence-corrected chi connectivity index (χ4v) is 1.46. The first kappa shape index (κ1) is 11.0. The Labute approximate surface area is 85.6 Å². The van der Waals surface area contributed by atoms with Gasteiger partial charge in [0, 0.05) is 5.57 Å². The third-order valence-corrected chi connectivity index (χ3v) is 2.67. The number of allylic oxidation sites excluding steroid dienone is 3. The van der Waals surface area contributed by atoms with Crippen molar-refractivity contribution in [3.8, 4) is 0 Å². The summed E-state index contributed by atoms with van der Waals surface area (Å²) in [7, 11) is 0. The maximum Gasteiger partial charge on any atom is 0.168 e. The zero-order valence-electron chi connectivity index (χ0n) is 9.33. The van der Waals surface area contributed by atoms with Crippen LogP contribution in [0.4, 0.5) is 0 Å². The van der Waals surface area contributed by atoms with Crippen molar-refractivity contribution >= 4 is 5.78 Å². The SMILES string of the molecule is CC/C=C/C1=C(C)C(=O)C(C)C(C)O1. The molecular formula is C12H18O2. The molecular weight excluding hydrogens is 176 g/mol. The van der Waals surface area contributed by atoms with Crippen LogP contribution in [0.25, 0.3) is 0 Å². The Hall–Kier alpha value is -1.05. The first-order chi connectivity index (χ1) is 6.57. The number of hydrogen-bond acceptors (Lipinski definition) is 2. The summed E-state index contributed by atoms with van der Waals surface area (Å²) in [4.78, 5) is 11.7. The van der Waals surface area contributed by atoms with Crippen molar-refractivity contribution in [1.29, 1.82) is 0 Å². The molecule has 1 aliphatic rings. The molecule has 78 valence electrons. The molecule has 2 atom stereocenters. The minimum absolute atomic E-state index is 0.0114. The Kier molecular flexibility index (Phi) is 3.50. The van der Waals surface area contributed by atoms with E-state index in [-0.39, 0.29) is 17.8 Å². The van der Waals surface area contributed by atoms with Crippen molar-refractivity contribution in [2.75, 3.05) is 0 Å². The van der Waals surface area contributed by atoms with Crippen molar-refractivity contribution in [3.05, 3.63) is 23.5 Å². The Morgan fingerprint density at radius 3 is 2.64 bits per heavy atom. The summed E-state index contributed by atoms with van der Waals surface area (Å²) in [5, 5.41) is 0. The largest absolute Gasteiger partial charge is 0.490 e.